The predicted molar refractivity (Wildman–Crippen MR) is 96.9 cm³/mol. The lowest BCUT2D eigenvalue weighted by atomic mass is 10.1. The Bertz CT molecular complexity index is 836. The van der Waals surface area contributed by atoms with Crippen LogP contribution in [-0.4, -0.2) is 39.2 Å². The topological polar surface area (TPSA) is 49.4 Å². The van der Waals surface area contributed by atoms with Crippen LogP contribution in [0.2, 0.25) is 5.02 Å². The molecule has 0 saturated carbocycles. The van der Waals surface area contributed by atoms with Crippen molar-refractivity contribution >= 4 is 37.9 Å². The van der Waals surface area contributed by atoms with Crippen LogP contribution in [0.3, 0.4) is 0 Å². The van der Waals surface area contributed by atoms with Gasteiger partial charge in [-0.15, -0.1) is 6.58 Å². The molecule has 1 saturated heterocycles. The highest BCUT2D eigenvalue weighted by atomic mass is 35.5. The Balaban J connectivity index is 2.00. The summed E-state index contributed by atoms with van der Waals surface area (Å²) in [6.07, 6.45) is 1.45. The van der Waals surface area contributed by atoms with Crippen LogP contribution in [0.5, 0.6) is 0 Å². The Hall–Kier alpha value is -1.56. The van der Waals surface area contributed by atoms with Crippen molar-refractivity contribution in [3.8, 4) is 0 Å². The summed E-state index contributed by atoms with van der Waals surface area (Å²) in [5.74, 6) is -0.0148. The summed E-state index contributed by atoms with van der Waals surface area (Å²) in [7, 11) is -3.27. The number of hydrogen-bond donors (Lipinski definition) is 1. The van der Waals surface area contributed by atoms with Crippen molar-refractivity contribution in [1.82, 2.24) is 5.32 Å². The average Bonchev–Trinajstić information content (AvgIpc) is 2.54. The van der Waals surface area contributed by atoms with Crippen molar-refractivity contribution in [2.75, 3.05) is 30.3 Å². The van der Waals surface area contributed by atoms with Gasteiger partial charge in [-0.1, -0.05) is 29.8 Å². The molecule has 1 atom stereocenters. The van der Waals surface area contributed by atoms with E-state index >= 15 is 0 Å². The molecule has 0 spiro atoms. The van der Waals surface area contributed by atoms with Crippen LogP contribution < -0.4 is 10.2 Å². The van der Waals surface area contributed by atoms with Gasteiger partial charge in [0.25, 0.3) is 0 Å². The Labute approximate surface area is 141 Å². The van der Waals surface area contributed by atoms with Gasteiger partial charge in [0, 0.05) is 30.3 Å². The van der Waals surface area contributed by atoms with E-state index in [0.29, 0.717) is 18.1 Å². The van der Waals surface area contributed by atoms with Crippen molar-refractivity contribution in [2.45, 2.75) is 5.37 Å². The molecule has 2 aromatic rings. The first-order chi connectivity index (χ1) is 11.0. The number of fused-ring (bicyclic) bond motifs is 1. The van der Waals surface area contributed by atoms with Crippen molar-refractivity contribution in [3.63, 3.8) is 0 Å². The van der Waals surface area contributed by atoms with E-state index in [9.17, 15) is 8.42 Å². The number of nitrogens with one attached hydrogen (secondary N) is 1. The number of hydrogen-bond acceptors (Lipinski definition) is 4. The summed E-state index contributed by atoms with van der Waals surface area (Å²) < 4.78 is 25.0. The minimum absolute atomic E-state index is 0.0148. The summed E-state index contributed by atoms with van der Waals surface area (Å²) in [6.45, 7) is 5.40. The Morgan fingerprint density at radius 2 is 2.00 bits per heavy atom. The molecule has 6 heteroatoms. The zero-order valence-corrected chi connectivity index (χ0v) is 14.3. The molecule has 0 aliphatic carbocycles. The molecule has 0 amide bonds. The molecule has 0 aromatic heterocycles. The van der Waals surface area contributed by atoms with E-state index in [1.807, 2.05) is 41.3 Å². The van der Waals surface area contributed by atoms with Crippen LogP contribution in [0.1, 0.15) is 0 Å². The number of nitrogens with zero attached hydrogens (tertiary/aromatic N) is 1. The van der Waals surface area contributed by atoms with Gasteiger partial charge in [0.15, 0.2) is 9.84 Å². The van der Waals surface area contributed by atoms with E-state index in [2.05, 4.69) is 11.9 Å². The molecule has 122 valence electrons. The van der Waals surface area contributed by atoms with E-state index in [0.717, 1.165) is 23.0 Å². The normalized spacial score (nSPS) is 19.0. The van der Waals surface area contributed by atoms with Gasteiger partial charge in [-0.3, -0.25) is 0 Å². The summed E-state index contributed by atoms with van der Waals surface area (Å²) in [6, 6.07) is 11.7. The maximum absolute atomic E-state index is 12.5. The number of halogens is 1. The van der Waals surface area contributed by atoms with Crippen LogP contribution in [0.4, 0.5) is 5.69 Å². The van der Waals surface area contributed by atoms with Crippen molar-refractivity contribution in [1.29, 1.82) is 0 Å². The van der Waals surface area contributed by atoms with Crippen LogP contribution in [0.15, 0.2) is 49.1 Å². The van der Waals surface area contributed by atoms with Gasteiger partial charge in [-0.25, -0.2) is 8.42 Å². The number of sulfone groups is 1. The summed E-state index contributed by atoms with van der Waals surface area (Å²) >= 11 is 6.02. The first-order valence-electron chi connectivity index (χ1n) is 7.50. The molecule has 0 bridgehead atoms. The quantitative estimate of drug-likeness (QED) is 0.861. The number of anilines is 1. The molecule has 1 heterocycles. The summed E-state index contributed by atoms with van der Waals surface area (Å²) in [5.41, 5.74) is 0.916. The standard InChI is InChI=1S/C17H19ClN2O2S/c1-2-9-23(21,22)17-12-19-7-8-20(17)16-6-4-13-10-15(18)5-3-14(13)11-16/h2-6,10-11,17,19H,1,7-9,12H2. The van der Waals surface area contributed by atoms with E-state index < -0.39 is 15.2 Å². The highest BCUT2D eigenvalue weighted by Crippen LogP contribution is 2.27. The second-order valence-electron chi connectivity index (χ2n) is 5.65. The summed E-state index contributed by atoms with van der Waals surface area (Å²) in [4.78, 5) is 1.96. The molecule has 1 N–H and O–H groups in total. The molecule has 0 radical (unpaired) electrons. The maximum Gasteiger partial charge on any atom is 0.176 e. The van der Waals surface area contributed by atoms with E-state index in [-0.39, 0.29) is 5.75 Å². The average molecular weight is 351 g/mol. The maximum atomic E-state index is 12.5. The van der Waals surface area contributed by atoms with Gasteiger partial charge in [0.2, 0.25) is 0 Å². The zero-order valence-electron chi connectivity index (χ0n) is 12.7. The second kappa shape index (κ2) is 6.51. The number of rotatable bonds is 4. The Morgan fingerprint density at radius 1 is 1.26 bits per heavy atom. The largest absolute Gasteiger partial charge is 0.353 e. The van der Waals surface area contributed by atoms with Gasteiger partial charge in [-0.05, 0) is 35.0 Å². The minimum atomic E-state index is -3.27. The molecule has 1 unspecified atom stereocenters. The molecule has 1 fully saturated rings. The lowest BCUT2D eigenvalue weighted by Crippen LogP contribution is -2.55. The van der Waals surface area contributed by atoms with E-state index in [4.69, 9.17) is 11.6 Å². The fraction of sp³-hybridized carbons (Fsp3) is 0.294. The molecular formula is C17H19ClN2O2S. The number of piperazine rings is 1. The smallest absolute Gasteiger partial charge is 0.176 e. The third-order valence-electron chi connectivity index (χ3n) is 4.08. The zero-order chi connectivity index (χ0) is 16.4. The third kappa shape index (κ3) is 3.37. The van der Waals surface area contributed by atoms with Crippen LogP contribution in [-0.2, 0) is 9.84 Å². The molecule has 3 rings (SSSR count). The molecule has 4 nitrogen and oxygen atoms in total. The van der Waals surface area contributed by atoms with E-state index in [1.165, 1.54) is 6.08 Å². The van der Waals surface area contributed by atoms with Crippen LogP contribution in [0.25, 0.3) is 10.8 Å². The van der Waals surface area contributed by atoms with E-state index in [1.54, 1.807) is 0 Å². The Kier molecular flexibility index (Phi) is 4.62. The molecule has 1 aliphatic heterocycles. The third-order valence-corrected chi connectivity index (χ3v) is 6.26. The molecule has 2 aromatic carbocycles. The minimum Gasteiger partial charge on any atom is -0.353 e. The van der Waals surface area contributed by atoms with Crippen molar-refractivity contribution < 1.29 is 8.42 Å². The fourth-order valence-corrected chi connectivity index (χ4v) is 4.67. The first kappa shape index (κ1) is 16.3. The lowest BCUT2D eigenvalue weighted by Gasteiger charge is -2.37. The fourth-order valence-electron chi connectivity index (χ4n) is 2.95. The second-order valence-corrected chi connectivity index (χ2v) is 8.29. The highest BCUT2D eigenvalue weighted by Gasteiger charge is 2.32. The van der Waals surface area contributed by atoms with Crippen LogP contribution >= 0.6 is 11.6 Å². The van der Waals surface area contributed by atoms with Gasteiger partial charge in [0.1, 0.15) is 5.37 Å². The van der Waals surface area contributed by atoms with Crippen molar-refractivity contribution in [3.05, 3.63) is 54.1 Å². The van der Waals surface area contributed by atoms with Gasteiger partial charge >= 0.3 is 0 Å². The highest BCUT2D eigenvalue weighted by molar-refractivity contribution is 7.92. The molecule has 23 heavy (non-hydrogen) atoms. The van der Waals surface area contributed by atoms with Gasteiger partial charge < -0.3 is 10.2 Å². The Morgan fingerprint density at radius 3 is 2.78 bits per heavy atom. The molecular weight excluding hydrogens is 332 g/mol. The lowest BCUT2D eigenvalue weighted by molar-refractivity contribution is 0.520. The van der Waals surface area contributed by atoms with Gasteiger partial charge in [0.05, 0.1) is 5.75 Å². The predicted octanol–water partition coefficient (Wildman–Crippen LogP) is 2.83. The SMILES string of the molecule is C=CCS(=O)(=O)C1CNCCN1c1ccc2cc(Cl)ccc2c1. The van der Waals surface area contributed by atoms with Gasteiger partial charge in [-0.2, -0.15) is 0 Å². The molecule has 1 aliphatic rings. The first-order valence-corrected chi connectivity index (χ1v) is 9.60. The van der Waals surface area contributed by atoms with Crippen LogP contribution in [0, 0.1) is 0 Å². The summed E-state index contributed by atoms with van der Waals surface area (Å²) in [5, 5.41) is 5.38. The van der Waals surface area contributed by atoms with Crippen molar-refractivity contribution in [2.24, 2.45) is 0 Å². The number of benzene rings is 2. The monoisotopic (exact) mass is 350 g/mol.